The highest BCUT2D eigenvalue weighted by Crippen LogP contribution is 2.29. The van der Waals surface area contributed by atoms with Crippen LogP contribution in [0, 0.1) is 10.1 Å². The van der Waals surface area contributed by atoms with Crippen LogP contribution in [-0.2, 0) is 9.53 Å². The molecule has 0 bridgehead atoms. The molecule has 0 heterocycles. The van der Waals surface area contributed by atoms with Gasteiger partial charge in [0.2, 0.25) is 0 Å². The molecule has 7 nitrogen and oxygen atoms in total. The summed E-state index contributed by atoms with van der Waals surface area (Å²) < 4.78 is 11.1. The van der Waals surface area contributed by atoms with Gasteiger partial charge in [0.1, 0.15) is 17.9 Å². The number of nitrogens with one attached hydrogen (secondary N) is 1. The van der Waals surface area contributed by atoms with Crippen LogP contribution in [0.15, 0.2) is 22.7 Å². The first-order valence-electron chi connectivity index (χ1n) is 6.27. The second kappa shape index (κ2) is 7.37. The number of esters is 1. The number of nitro groups is 1. The third-order valence-corrected chi connectivity index (χ3v) is 3.57. The molecular formula is C13H17BrN2O5. The van der Waals surface area contributed by atoms with E-state index in [9.17, 15) is 14.9 Å². The van der Waals surface area contributed by atoms with Crippen LogP contribution in [0.4, 0.5) is 5.69 Å². The van der Waals surface area contributed by atoms with Gasteiger partial charge in [-0.3, -0.25) is 10.1 Å². The average Bonchev–Trinajstić information content (AvgIpc) is 2.46. The summed E-state index contributed by atoms with van der Waals surface area (Å²) in [5.74, 6) is -0.163. The Kier molecular flexibility index (Phi) is 6.10. The van der Waals surface area contributed by atoms with Crippen LogP contribution in [-0.4, -0.2) is 36.7 Å². The summed E-state index contributed by atoms with van der Waals surface area (Å²) in [5.41, 5.74) is -1.13. The maximum absolute atomic E-state index is 11.9. The van der Waals surface area contributed by atoms with Crippen LogP contribution in [0.1, 0.15) is 13.8 Å². The van der Waals surface area contributed by atoms with Crippen molar-refractivity contribution in [1.29, 1.82) is 0 Å². The Hall–Kier alpha value is -1.67. The molecule has 1 aromatic carbocycles. The molecule has 0 aliphatic rings. The number of carbonyl (C=O) groups excluding carboxylic acids is 1. The van der Waals surface area contributed by atoms with Crippen molar-refractivity contribution in [3.8, 4) is 5.75 Å². The molecule has 8 heteroatoms. The van der Waals surface area contributed by atoms with Crippen LogP contribution < -0.4 is 10.1 Å². The summed E-state index contributed by atoms with van der Waals surface area (Å²) in [4.78, 5) is 22.1. The lowest BCUT2D eigenvalue weighted by Gasteiger charge is -2.26. The fourth-order valence-electron chi connectivity index (χ4n) is 1.46. The zero-order chi connectivity index (χ0) is 16.0. The molecule has 0 radical (unpaired) electrons. The average molecular weight is 361 g/mol. The van der Waals surface area contributed by atoms with Crippen molar-refractivity contribution in [2.45, 2.75) is 19.4 Å². The van der Waals surface area contributed by atoms with Crippen LogP contribution in [0.25, 0.3) is 0 Å². The number of carbonyl (C=O) groups is 1. The van der Waals surface area contributed by atoms with Gasteiger partial charge in [-0.25, -0.2) is 4.79 Å². The van der Waals surface area contributed by atoms with E-state index in [1.165, 1.54) is 18.2 Å². The molecule has 1 unspecified atom stereocenters. The Morgan fingerprint density at radius 3 is 2.71 bits per heavy atom. The maximum atomic E-state index is 11.9. The Bertz CT molecular complexity index is 537. The Morgan fingerprint density at radius 1 is 1.52 bits per heavy atom. The number of ether oxygens (including phenoxy) is 2. The molecule has 1 rings (SSSR count). The van der Waals surface area contributed by atoms with E-state index in [1.54, 1.807) is 20.9 Å². The van der Waals surface area contributed by atoms with Gasteiger partial charge in [-0.05, 0) is 42.9 Å². The number of likely N-dealkylation sites (N-methyl/N-ethyl adjacent to an activating group) is 1. The zero-order valence-electron chi connectivity index (χ0n) is 12.0. The maximum Gasteiger partial charge on any atom is 0.329 e. The third kappa shape index (κ3) is 4.40. The SMILES string of the molecule is CCOC(=O)C(C)(COc1cc([N+](=O)[O-])ccc1Br)NC. The predicted octanol–water partition coefficient (Wildman–Crippen LogP) is 2.28. The van der Waals surface area contributed by atoms with Gasteiger partial charge in [0, 0.05) is 6.07 Å². The van der Waals surface area contributed by atoms with Crippen molar-refractivity contribution in [1.82, 2.24) is 5.32 Å². The van der Waals surface area contributed by atoms with Crippen LogP contribution in [0.3, 0.4) is 0 Å². The molecule has 0 amide bonds. The van der Waals surface area contributed by atoms with Crippen LogP contribution >= 0.6 is 15.9 Å². The van der Waals surface area contributed by atoms with Crippen LogP contribution in [0.5, 0.6) is 5.75 Å². The first-order valence-corrected chi connectivity index (χ1v) is 7.06. The van der Waals surface area contributed by atoms with E-state index < -0.39 is 16.4 Å². The van der Waals surface area contributed by atoms with Gasteiger partial charge in [0.15, 0.2) is 0 Å². The molecule has 116 valence electrons. The quantitative estimate of drug-likeness (QED) is 0.455. The van der Waals surface area contributed by atoms with E-state index in [1.807, 2.05) is 0 Å². The molecule has 1 aromatic rings. The second-order valence-electron chi connectivity index (χ2n) is 4.46. The van der Waals surface area contributed by atoms with E-state index >= 15 is 0 Å². The Balaban J connectivity index is 2.88. The summed E-state index contributed by atoms with van der Waals surface area (Å²) >= 11 is 3.25. The van der Waals surface area contributed by atoms with Gasteiger partial charge in [-0.2, -0.15) is 0 Å². The summed E-state index contributed by atoms with van der Waals surface area (Å²) in [5, 5.41) is 13.6. The van der Waals surface area contributed by atoms with E-state index in [2.05, 4.69) is 21.2 Å². The van der Waals surface area contributed by atoms with Crippen LogP contribution in [0.2, 0.25) is 0 Å². The lowest BCUT2D eigenvalue weighted by Crippen LogP contribution is -2.53. The molecule has 0 fully saturated rings. The number of non-ortho nitro benzene ring substituents is 1. The molecule has 0 saturated heterocycles. The van der Waals surface area contributed by atoms with Crippen molar-refractivity contribution in [2.24, 2.45) is 0 Å². The molecule has 0 spiro atoms. The van der Waals surface area contributed by atoms with Gasteiger partial charge in [-0.15, -0.1) is 0 Å². The normalized spacial score (nSPS) is 13.3. The fourth-order valence-corrected chi connectivity index (χ4v) is 1.82. The number of nitrogens with zero attached hydrogens (tertiary/aromatic N) is 1. The van der Waals surface area contributed by atoms with Gasteiger partial charge < -0.3 is 14.8 Å². The van der Waals surface area contributed by atoms with Gasteiger partial charge in [0.25, 0.3) is 5.69 Å². The summed E-state index contributed by atoms with van der Waals surface area (Å²) in [6.07, 6.45) is 0. The number of hydrogen-bond donors (Lipinski definition) is 1. The lowest BCUT2D eigenvalue weighted by atomic mass is 10.1. The summed E-state index contributed by atoms with van der Waals surface area (Å²) in [6.45, 7) is 3.58. The number of nitro benzene ring substituents is 1. The largest absolute Gasteiger partial charge is 0.490 e. The molecular weight excluding hydrogens is 344 g/mol. The molecule has 21 heavy (non-hydrogen) atoms. The lowest BCUT2D eigenvalue weighted by molar-refractivity contribution is -0.385. The number of rotatable bonds is 7. The number of hydrogen-bond acceptors (Lipinski definition) is 6. The van der Waals surface area contributed by atoms with Crippen molar-refractivity contribution < 1.29 is 19.2 Å². The zero-order valence-corrected chi connectivity index (χ0v) is 13.6. The highest BCUT2D eigenvalue weighted by Gasteiger charge is 2.34. The molecule has 0 aliphatic heterocycles. The van der Waals surface area contributed by atoms with Crippen molar-refractivity contribution in [3.05, 3.63) is 32.8 Å². The minimum atomic E-state index is -1.04. The highest BCUT2D eigenvalue weighted by atomic mass is 79.9. The minimum absolute atomic E-state index is 0.0257. The van der Waals surface area contributed by atoms with Crippen molar-refractivity contribution in [2.75, 3.05) is 20.3 Å². The summed E-state index contributed by atoms with van der Waals surface area (Å²) in [7, 11) is 1.61. The van der Waals surface area contributed by atoms with Gasteiger partial charge in [0.05, 0.1) is 22.1 Å². The topological polar surface area (TPSA) is 90.7 Å². The van der Waals surface area contributed by atoms with E-state index in [0.717, 1.165) is 0 Å². The summed E-state index contributed by atoms with van der Waals surface area (Å²) in [6, 6.07) is 4.18. The Morgan fingerprint density at radius 2 is 2.19 bits per heavy atom. The molecule has 0 saturated carbocycles. The number of halogens is 1. The fraction of sp³-hybridized carbons (Fsp3) is 0.462. The van der Waals surface area contributed by atoms with Crippen molar-refractivity contribution >= 4 is 27.6 Å². The van der Waals surface area contributed by atoms with Gasteiger partial charge in [-0.1, -0.05) is 0 Å². The number of benzene rings is 1. The van der Waals surface area contributed by atoms with Gasteiger partial charge >= 0.3 is 5.97 Å². The third-order valence-electron chi connectivity index (χ3n) is 2.92. The Labute approximate surface area is 130 Å². The monoisotopic (exact) mass is 360 g/mol. The van der Waals surface area contributed by atoms with E-state index in [4.69, 9.17) is 9.47 Å². The molecule has 1 N–H and O–H groups in total. The molecule has 0 aromatic heterocycles. The smallest absolute Gasteiger partial charge is 0.329 e. The first-order chi connectivity index (χ1) is 9.84. The van der Waals surface area contributed by atoms with E-state index in [0.29, 0.717) is 4.47 Å². The second-order valence-corrected chi connectivity index (χ2v) is 5.32. The highest BCUT2D eigenvalue weighted by molar-refractivity contribution is 9.10. The standard InChI is InChI=1S/C13H17BrN2O5/c1-4-20-12(17)13(2,15-3)8-21-11-7-9(16(18)19)5-6-10(11)14/h5-7,15H,4,8H2,1-3H3. The predicted molar refractivity (Wildman–Crippen MR) is 80.4 cm³/mol. The first kappa shape index (κ1) is 17.4. The minimum Gasteiger partial charge on any atom is -0.490 e. The van der Waals surface area contributed by atoms with E-state index in [-0.39, 0.29) is 24.7 Å². The molecule has 1 atom stereocenters. The molecule has 0 aliphatic carbocycles. The van der Waals surface area contributed by atoms with Crippen molar-refractivity contribution in [3.63, 3.8) is 0 Å².